The quantitative estimate of drug-likeness (QED) is 0.772. The smallest absolute Gasteiger partial charge is 0.0232 e. The van der Waals surface area contributed by atoms with Gasteiger partial charge < -0.3 is 4.90 Å². The molecule has 0 spiro atoms. The van der Waals surface area contributed by atoms with Crippen LogP contribution in [0.5, 0.6) is 0 Å². The lowest BCUT2D eigenvalue weighted by Crippen LogP contribution is -2.55. The van der Waals surface area contributed by atoms with Gasteiger partial charge in [0.1, 0.15) is 0 Å². The minimum atomic E-state index is 0.300. The van der Waals surface area contributed by atoms with Crippen LogP contribution in [0.2, 0.25) is 0 Å². The van der Waals surface area contributed by atoms with Crippen molar-refractivity contribution in [3.05, 3.63) is 0 Å². The fourth-order valence-corrected chi connectivity index (χ4v) is 3.90. The van der Waals surface area contributed by atoms with E-state index >= 15 is 0 Å². The topological polar surface area (TPSA) is 13.0 Å². The highest BCUT2D eigenvalue weighted by Crippen LogP contribution is 2.20. The first kappa shape index (κ1) is 19.2. The van der Waals surface area contributed by atoms with Crippen LogP contribution in [0.15, 0.2) is 0 Å². The average molecular weight is 325 g/mol. The number of piperazine rings is 1. The van der Waals surface area contributed by atoms with Crippen LogP contribution in [0, 0.1) is 0 Å². The molecule has 2 saturated heterocycles. The van der Waals surface area contributed by atoms with Gasteiger partial charge in [-0.1, -0.05) is 0 Å². The molecule has 2 aliphatic rings. The number of hydrogen-bond donors (Lipinski definition) is 0. The molecule has 4 nitrogen and oxygen atoms in total. The molecule has 1 atom stereocenters. The summed E-state index contributed by atoms with van der Waals surface area (Å²) in [5.74, 6) is 0. The van der Waals surface area contributed by atoms with E-state index in [4.69, 9.17) is 0 Å². The Hall–Kier alpha value is -0.160. The fourth-order valence-electron chi connectivity index (χ4n) is 3.90. The standard InChI is InChI=1S/C19H40N4/c1-18(2,3)22-9-8-17(20(7)10-13-22)16-21-11-14-23(15-12-21)19(4,5)6/h17H,8-16H2,1-7H3/t17-/m0/s1. The molecule has 0 bridgehead atoms. The fraction of sp³-hybridized carbons (Fsp3) is 1.00. The molecule has 0 radical (unpaired) electrons. The van der Waals surface area contributed by atoms with E-state index in [0.29, 0.717) is 17.1 Å². The maximum atomic E-state index is 2.69. The highest BCUT2D eigenvalue weighted by molar-refractivity contribution is 4.87. The van der Waals surface area contributed by atoms with Crippen LogP contribution in [0.3, 0.4) is 0 Å². The van der Waals surface area contributed by atoms with Crippen LogP contribution in [0.1, 0.15) is 48.0 Å². The van der Waals surface area contributed by atoms with Gasteiger partial charge in [0, 0.05) is 69.5 Å². The molecule has 0 N–H and O–H groups in total. The Morgan fingerprint density at radius 1 is 0.696 bits per heavy atom. The van der Waals surface area contributed by atoms with E-state index in [1.54, 1.807) is 0 Å². The Bertz CT molecular complexity index is 361. The van der Waals surface area contributed by atoms with Gasteiger partial charge in [-0.25, -0.2) is 0 Å². The van der Waals surface area contributed by atoms with Crippen LogP contribution in [0.4, 0.5) is 0 Å². The third-order valence-electron chi connectivity index (χ3n) is 5.82. The Kier molecular flexibility index (Phi) is 6.15. The van der Waals surface area contributed by atoms with Gasteiger partial charge in [-0.15, -0.1) is 0 Å². The molecule has 0 aromatic carbocycles. The van der Waals surface area contributed by atoms with E-state index in [-0.39, 0.29) is 0 Å². The molecule has 0 aromatic heterocycles. The minimum Gasteiger partial charge on any atom is -0.301 e. The summed E-state index contributed by atoms with van der Waals surface area (Å²) in [7, 11) is 2.32. The Morgan fingerprint density at radius 3 is 1.70 bits per heavy atom. The Balaban J connectivity index is 1.84. The van der Waals surface area contributed by atoms with Crippen LogP contribution in [-0.2, 0) is 0 Å². The monoisotopic (exact) mass is 324 g/mol. The summed E-state index contributed by atoms with van der Waals surface area (Å²) in [5, 5.41) is 0. The Morgan fingerprint density at radius 2 is 1.17 bits per heavy atom. The molecule has 4 heteroatoms. The van der Waals surface area contributed by atoms with Gasteiger partial charge in [-0.2, -0.15) is 0 Å². The van der Waals surface area contributed by atoms with Crippen molar-refractivity contribution in [2.24, 2.45) is 0 Å². The van der Waals surface area contributed by atoms with Gasteiger partial charge >= 0.3 is 0 Å². The molecule has 2 rings (SSSR count). The zero-order valence-electron chi connectivity index (χ0n) is 16.7. The molecule has 0 amide bonds. The number of hydrogen-bond acceptors (Lipinski definition) is 4. The lowest BCUT2D eigenvalue weighted by molar-refractivity contribution is 0.0491. The van der Waals surface area contributed by atoms with Gasteiger partial charge in [0.05, 0.1) is 0 Å². The zero-order valence-corrected chi connectivity index (χ0v) is 16.7. The predicted molar refractivity (Wildman–Crippen MR) is 100 cm³/mol. The van der Waals surface area contributed by atoms with Crippen molar-refractivity contribution < 1.29 is 0 Å². The average Bonchev–Trinajstić information content (AvgIpc) is 2.61. The van der Waals surface area contributed by atoms with Gasteiger partial charge in [0.2, 0.25) is 0 Å². The van der Waals surface area contributed by atoms with Crippen molar-refractivity contribution in [1.29, 1.82) is 0 Å². The molecule has 0 aliphatic carbocycles. The van der Waals surface area contributed by atoms with Crippen LogP contribution < -0.4 is 0 Å². The normalized spacial score (nSPS) is 28.0. The van der Waals surface area contributed by atoms with Gasteiger partial charge in [0.25, 0.3) is 0 Å². The SMILES string of the molecule is CN1CCN(C(C)(C)C)CC[C@H]1CN1CCN(C(C)(C)C)CC1. The molecule has 136 valence electrons. The molecule has 2 aliphatic heterocycles. The van der Waals surface area contributed by atoms with Crippen molar-refractivity contribution in [2.45, 2.75) is 65.1 Å². The number of rotatable bonds is 2. The summed E-state index contributed by atoms with van der Waals surface area (Å²) in [5.41, 5.74) is 0.618. The first-order chi connectivity index (χ1) is 10.6. The summed E-state index contributed by atoms with van der Waals surface area (Å²) in [4.78, 5) is 10.6. The van der Waals surface area contributed by atoms with Crippen molar-refractivity contribution in [3.8, 4) is 0 Å². The number of likely N-dealkylation sites (N-methyl/N-ethyl adjacent to an activating group) is 1. The molecular formula is C19H40N4. The Labute approximate surface area is 144 Å². The molecule has 0 aromatic rings. The zero-order chi connectivity index (χ0) is 17.3. The third kappa shape index (κ3) is 5.42. The predicted octanol–water partition coefficient (Wildman–Crippen LogP) is 2.21. The van der Waals surface area contributed by atoms with Crippen molar-refractivity contribution >= 4 is 0 Å². The van der Waals surface area contributed by atoms with E-state index in [1.807, 2.05) is 0 Å². The van der Waals surface area contributed by atoms with Crippen molar-refractivity contribution in [2.75, 3.05) is 59.4 Å². The van der Waals surface area contributed by atoms with Gasteiger partial charge in [-0.3, -0.25) is 14.7 Å². The second-order valence-electron chi connectivity index (χ2n) is 9.54. The summed E-state index contributed by atoms with van der Waals surface area (Å²) in [6.45, 7) is 23.8. The van der Waals surface area contributed by atoms with E-state index < -0.39 is 0 Å². The third-order valence-corrected chi connectivity index (χ3v) is 5.82. The van der Waals surface area contributed by atoms with E-state index in [9.17, 15) is 0 Å². The molecule has 2 fully saturated rings. The second kappa shape index (κ2) is 7.38. The molecule has 0 saturated carbocycles. The molecule has 23 heavy (non-hydrogen) atoms. The van der Waals surface area contributed by atoms with Crippen LogP contribution >= 0.6 is 0 Å². The highest BCUT2D eigenvalue weighted by atomic mass is 15.3. The van der Waals surface area contributed by atoms with Crippen LogP contribution in [-0.4, -0.2) is 96.1 Å². The number of nitrogens with zero attached hydrogens (tertiary/aromatic N) is 4. The minimum absolute atomic E-state index is 0.300. The van der Waals surface area contributed by atoms with E-state index in [1.165, 1.54) is 58.8 Å². The first-order valence-electron chi connectivity index (χ1n) is 9.50. The first-order valence-corrected chi connectivity index (χ1v) is 9.50. The largest absolute Gasteiger partial charge is 0.301 e. The van der Waals surface area contributed by atoms with Crippen molar-refractivity contribution in [3.63, 3.8) is 0 Å². The highest BCUT2D eigenvalue weighted by Gasteiger charge is 2.30. The summed E-state index contributed by atoms with van der Waals surface area (Å²) >= 11 is 0. The maximum Gasteiger partial charge on any atom is 0.0232 e. The van der Waals surface area contributed by atoms with E-state index in [2.05, 4.69) is 68.2 Å². The lowest BCUT2D eigenvalue weighted by Gasteiger charge is -2.43. The molecular weight excluding hydrogens is 284 g/mol. The van der Waals surface area contributed by atoms with Gasteiger partial charge in [0.15, 0.2) is 0 Å². The van der Waals surface area contributed by atoms with Crippen LogP contribution in [0.25, 0.3) is 0 Å². The van der Waals surface area contributed by atoms with Gasteiger partial charge in [-0.05, 0) is 55.0 Å². The summed E-state index contributed by atoms with van der Waals surface area (Å²) in [6.07, 6.45) is 1.30. The lowest BCUT2D eigenvalue weighted by atomic mass is 10.0. The summed E-state index contributed by atoms with van der Waals surface area (Å²) in [6, 6.07) is 0.712. The molecule has 2 heterocycles. The maximum absolute atomic E-state index is 2.69. The van der Waals surface area contributed by atoms with E-state index in [0.717, 1.165) is 0 Å². The molecule has 0 unspecified atom stereocenters. The second-order valence-corrected chi connectivity index (χ2v) is 9.54. The van der Waals surface area contributed by atoms with Crippen molar-refractivity contribution in [1.82, 2.24) is 19.6 Å². The summed E-state index contributed by atoms with van der Waals surface area (Å²) < 4.78 is 0.